The lowest BCUT2D eigenvalue weighted by atomic mass is 9.90. The van der Waals surface area contributed by atoms with Crippen LogP contribution < -0.4 is 5.73 Å². The van der Waals surface area contributed by atoms with Gasteiger partial charge in [0.2, 0.25) is 0 Å². The molecule has 25 heavy (non-hydrogen) atoms. The minimum Gasteiger partial charge on any atom is -0.330 e. The van der Waals surface area contributed by atoms with Crippen molar-refractivity contribution in [2.45, 2.75) is 56.4 Å². The smallest absolute Gasteiger partial charge is 0.0726 e. The van der Waals surface area contributed by atoms with Crippen molar-refractivity contribution in [1.82, 2.24) is 9.80 Å². The van der Waals surface area contributed by atoms with E-state index in [0.29, 0.717) is 12.5 Å². The second-order valence-corrected chi connectivity index (χ2v) is 8.79. The minimum absolute atomic E-state index is 0.0577. The standard InChI is InChI=1S/C20H33Cl2N3/c21-19-5-4-16(14-20(19)22)17(15-23)6-11-24-12-7-18(8-13-24)25-9-2-1-3-10-25/h4,14,17-19H,1-3,5-13,15,23H2. The third-order valence-corrected chi connectivity index (χ3v) is 7.08. The molecule has 0 saturated carbocycles. The van der Waals surface area contributed by atoms with Crippen LogP contribution in [0.5, 0.6) is 0 Å². The van der Waals surface area contributed by atoms with Gasteiger partial charge in [0.05, 0.1) is 5.38 Å². The summed E-state index contributed by atoms with van der Waals surface area (Å²) in [5.74, 6) is 0.401. The average molecular weight is 386 g/mol. The molecule has 2 aliphatic heterocycles. The predicted molar refractivity (Wildman–Crippen MR) is 108 cm³/mol. The highest BCUT2D eigenvalue weighted by Gasteiger charge is 2.26. The van der Waals surface area contributed by atoms with Crippen LogP contribution >= 0.6 is 23.2 Å². The van der Waals surface area contributed by atoms with Gasteiger partial charge in [-0.25, -0.2) is 0 Å². The maximum atomic E-state index is 6.23. The van der Waals surface area contributed by atoms with Crippen LogP contribution in [-0.2, 0) is 0 Å². The van der Waals surface area contributed by atoms with Crippen LogP contribution in [0.3, 0.4) is 0 Å². The molecule has 2 N–H and O–H groups in total. The van der Waals surface area contributed by atoms with E-state index >= 15 is 0 Å². The summed E-state index contributed by atoms with van der Waals surface area (Å²) in [5.41, 5.74) is 7.33. The van der Waals surface area contributed by atoms with Crippen molar-refractivity contribution in [2.75, 3.05) is 39.3 Å². The lowest BCUT2D eigenvalue weighted by molar-refractivity contribution is 0.0908. The second kappa shape index (κ2) is 9.75. The van der Waals surface area contributed by atoms with Gasteiger partial charge in [0.25, 0.3) is 0 Å². The van der Waals surface area contributed by atoms with Crippen LogP contribution in [0.25, 0.3) is 0 Å². The molecule has 2 atom stereocenters. The Hall–Kier alpha value is -0.0600. The first-order valence-electron chi connectivity index (χ1n) is 10.0. The van der Waals surface area contributed by atoms with Crippen LogP contribution in [-0.4, -0.2) is 60.5 Å². The Morgan fingerprint density at radius 3 is 2.48 bits per heavy atom. The number of allylic oxidation sites excluding steroid dienone is 3. The molecule has 142 valence electrons. The third-order valence-electron chi connectivity index (χ3n) is 6.18. The van der Waals surface area contributed by atoms with E-state index in [1.165, 1.54) is 63.9 Å². The zero-order valence-electron chi connectivity index (χ0n) is 15.3. The van der Waals surface area contributed by atoms with Gasteiger partial charge in [-0.1, -0.05) is 24.1 Å². The zero-order valence-corrected chi connectivity index (χ0v) is 16.8. The van der Waals surface area contributed by atoms with Gasteiger partial charge in [-0.2, -0.15) is 0 Å². The Balaban J connectivity index is 1.42. The quantitative estimate of drug-likeness (QED) is 0.702. The number of rotatable bonds is 6. The Morgan fingerprint density at radius 1 is 1.12 bits per heavy atom. The fourth-order valence-corrected chi connectivity index (χ4v) is 4.86. The molecule has 0 radical (unpaired) electrons. The van der Waals surface area contributed by atoms with Gasteiger partial charge >= 0.3 is 0 Å². The van der Waals surface area contributed by atoms with Crippen molar-refractivity contribution in [3.63, 3.8) is 0 Å². The molecule has 0 bridgehead atoms. The minimum atomic E-state index is -0.0577. The first-order chi connectivity index (χ1) is 12.2. The van der Waals surface area contributed by atoms with Crippen LogP contribution in [0.2, 0.25) is 0 Å². The van der Waals surface area contributed by atoms with E-state index in [0.717, 1.165) is 30.5 Å². The highest BCUT2D eigenvalue weighted by atomic mass is 35.5. The van der Waals surface area contributed by atoms with Gasteiger partial charge in [-0.15, -0.1) is 11.6 Å². The number of alkyl halides is 1. The lowest BCUT2D eigenvalue weighted by Crippen LogP contribution is -2.47. The molecule has 2 unspecified atom stereocenters. The normalized spacial score (nSPS) is 28.5. The largest absolute Gasteiger partial charge is 0.330 e. The van der Waals surface area contributed by atoms with Crippen molar-refractivity contribution < 1.29 is 0 Å². The Bertz CT molecular complexity index is 477. The molecule has 0 aromatic rings. The van der Waals surface area contributed by atoms with E-state index < -0.39 is 0 Å². The molecule has 0 aromatic carbocycles. The van der Waals surface area contributed by atoms with Crippen molar-refractivity contribution in [3.05, 3.63) is 22.8 Å². The van der Waals surface area contributed by atoms with Crippen LogP contribution in [0.15, 0.2) is 22.8 Å². The van der Waals surface area contributed by atoms with Gasteiger partial charge in [0.15, 0.2) is 0 Å². The Morgan fingerprint density at radius 2 is 1.84 bits per heavy atom. The maximum Gasteiger partial charge on any atom is 0.0726 e. The predicted octanol–water partition coefficient (Wildman–Crippen LogP) is 3.96. The molecule has 0 amide bonds. The fraction of sp³-hybridized carbons (Fsp3) is 0.800. The molecule has 0 spiro atoms. The number of halogens is 2. The van der Waals surface area contributed by atoms with Crippen LogP contribution in [0, 0.1) is 5.92 Å². The van der Waals surface area contributed by atoms with Gasteiger partial charge < -0.3 is 15.5 Å². The first-order valence-corrected chi connectivity index (χ1v) is 10.9. The number of nitrogens with zero attached hydrogens (tertiary/aromatic N) is 2. The molecule has 3 rings (SSSR count). The van der Waals surface area contributed by atoms with Gasteiger partial charge in [-0.05, 0) is 95.4 Å². The van der Waals surface area contributed by atoms with E-state index in [9.17, 15) is 0 Å². The molecule has 3 nitrogen and oxygen atoms in total. The van der Waals surface area contributed by atoms with Gasteiger partial charge in [0, 0.05) is 11.1 Å². The van der Waals surface area contributed by atoms with Crippen molar-refractivity contribution in [2.24, 2.45) is 11.7 Å². The summed E-state index contributed by atoms with van der Waals surface area (Å²) >= 11 is 12.4. The van der Waals surface area contributed by atoms with E-state index in [-0.39, 0.29) is 5.38 Å². The van der Waals surface area contributed by atoms with Crippen LogP contribution in [0.1, 0.15) is 44.9 Å². The molecule has 1 aliphatic carbocycles. The fourth-order valence-electron chi connectivity index (χ4n) is 4.50. The SMILES string of the molecule is NCC(CCN1CCC(N2CCCCC2)CC1)C1=CCC(Cl)C(Cl)=C1. The summed E-state index contributed by atoms with van der Waals surface area (Å²) in [6.07, 6.45) is 13.1. The molecule has 5 heteroatoms. The summed E-state index contributed by atoms with van der Waals surface area (Å²) in [7, 11) is 0. The van der Waals surface area contributed by atoms with Gasteiger partial charge in [-0.3, -0.25) is 0 Å². The monoisotopic (exact) mass is 385 g/mol. The summed E-state index contributed by atoms with van der Waals surface area (Å²) in [6, 6.07) is 0.824. The van der Waals surface area contributed by atoms with E-state index in [2.05, 4.69) is 15.9 Å². The molecule has 2 saturated heterocycles. The third kappa shape index (κ3) is 5.46. The Kier molecular flexibility index (Phi) is 7.68. The first kappa shape index (κ1) is 19.7. The molecule has 0 aromatic heterocycles. The molecule has 2 heterocycles. The van der Waals surface area contributed by atoms with E-state index in [1.54, 1.807) is 0 Å². The molecular formula is C20H33Cl2N3. The lowest BCUT2D eigenvalue weighted by Gasteiger charge is -2.40. The van der Waals surface area contributed by atoms with E-state index in [4.69, 9.17) is 28.9 Å². The second-order valence-electron chi connectivity index (χ2n) is 7.83. The highest BCUT2D eigenvalue weighted by Crippen LogP contribution is 2.30. The molecule has 3 aliphatic rings. The van der Waals surface area contributed by atoms with Crippen molar-refractivity contribution in [3.8, 4) is 0 Å². The number of nitrogens with two attached hydrogens (primary N) is 1. The van der Waals surface area contributed by atoms with Crippen molar-refractivity contribution >= 4 is 23.2 Å². The van der Waals surface area contributed by atoms with Crippen LogP contribution in [0.4, 0.5) is 0 Å². The Labute approximate surface area is 163 Å². The number of likely N-dealkylation sites (tertiary alicyclic amines) is 2. The van der Waals surface area contributed by atoms with E-state index in [1.807, 2.05) is 6.08 Å². The topological polar surface area (TPSA) is 32.5 Å². The molecule has 2 fully saturated rings. The average Bonchev–Trinajstić information content (AvgIpc) is 2.66. The zero-order chi connectivity index (χ0) is 17.6. The summed E-state index contributed by atoms with van der Waals surface area (Å²) in [4.78, 5) is 5.37. The maximum absolute atomic E-state index is 6.23. The summed E-state index contributed by atoms with van der Waals surface area (Å²) < 4.78 is 0. The van der Waals surface area contributed by atoms with Crippen molar-refractivity contribution in [1.29, 1.82) is 0 Å². The van der Waals surface area contributed by atoms with Gasteiger partial charge in [0.1, 0.15) is 0 Å². The summed E-state index contributed by atoms with van der Waals surface area (Å²) in [5, 5.41) is 0.706. The summed E-state index contributed by atoms with van der Waals surface area (Å²) in [6.45, 7) is 6.94. The number of hydrogen-bond donors (Lipinski definition) is 1. The highest BCUT2D eigenvalue weighted by molar-refractivity contribution is 6.37. The number of piperidine rings is 2. The number of hydrogen-bond acceptors (Lipinski definition) is 3. The molecular weight excluding hydrogens is 353 g/mol.